The number of hydrogen-bond acceptors (Lipinski definition) is 7. The van der Waals surface area contributed by atoms with Crippen LogP contribution in [-0.4, -0.2) is 21.8 Å². The monoisotopic (exact) mass is 375 g/mol. The van der Waals surface area contributed by atoms with E-state index in [1.165, 1.54) is 6.20 Å². The van der Waals surface area contributed by atoms with Crippen LogP contribution in [0.2, 0.25) is 0 Å². The van der Waals surface area contributed by atoms with Gasteiger partial charge in [-0.05, 0) is 13.0 Å². The molecular weight excluding hydrogens is 360 g/mol. The number of nitrogens with one attached hydrogen (secondary N) is 1. The Morgan fingerprint density at radius 3 is 2.68 bits per heavy atom. The maximum atomic E-state index is 12.3. The third kappa shape index (κ3) is 3.48. The number of carbonyl (C=O) groups is 2. The molecule has 8 nitrogen and oxygen atoms in total. The minimum Gasteiger partial charge on any atom is -0.473 e. The average Bonchev–Trinajstić information content (AvgIpc) is 3.32. The highest BCUT2D eigenvalue weighted by atomic mass is 16.5. The van der Waals surface area contributed by atoms with Crippen LogP contribution in [0.4, 0.5) is 0 Å². The molecule has 0 atom stereocenters. The van der Waals surface area contributed by atoms with E-state index in [1.54, 1.807) is 12.1 Å². The summed E-state index contributed by atoms with van der Waals surface area (Å²) in [7, 11) is 0. The second-order valence-electron chi connectivity index (χ2n) is 6.05. The summed E-state index contributed by atoms with van der Waals surface area (Å²) in [6.07, 6.45) is 2.54. The Morgan fingerprint density at radius 2 is 2.00 bits per heavy atom. The largest absolute Gasteiger partial charge is 0.473 e. The second kappa shape index (κ2) is 7.36. The van der Waals surface area contributed by atoms with Crippen LogP contribution < -0.4 is 15.6 Å². The van der Waals surface area contributed by atoms with Crippen molar-refractivity contribution in [2.45, 2.75) is 13.5 Å². The first kappa shape index (κ1) is 17.5. The van der Waals surface area contributed by atoms with Gasteiger partial charge in [0.1, 0.15) is 23.8 Å². The highest BCUT2D eigenvalue weighted by Crippen LogP contribution is 2.26. The van der Waals surface area contributed by atoms with E-state index < -0.39 is 5.91 Å². The first-order valence-electron chi connectivity index (χ1n) is 8.48. The molecule has 4 rings (SSSR count). The molecule has 3 aromatic rings. The van der Waals surface area contributed by atoms with E-state index in [4.69, 9.17) is 9.26 Å². The summed E-state index contributed by atoms with van der Waals surface area (Å²) in [5.74, 6) is 0.160. The molecule has 0 aliphatic carbocycles. The standard InChI is InChI=1S/C20H15N4O4/c1-12-15(19(24-28-12)13-5-3-2-4-6-13)11-27-18-8-7-14(10-21-18)20(26)16-9-17(25)23-22-16/h2-10,22H,11H2,1H3. The molecule has 8 heteroatoms. The molecule has 28 heavy (non-hydrogen) atoms. The molecule has 1 aliphatic heterocycles. The number of carbonyl (C=O) groups excluding carboxylic acids is 2. The van der Waals surface area contributed by atoms with Crippen molar-refractivity contribution < 1.29 is 18.8 Å². The Hall–Kier alpha value is -3.94. The molecule has 0 spiro atoms. The molecule has 1 amide bonds. The maximum Gasteiger partial charge on any atom is 0.288 e. The number of pyridine rings is 1. The van der Waals surface area contributed by atoms with Crippen molar-refractivity contribution in [2.75, 3.05) is 0 Å². The molecule has 1 aliphatic rings. The van der Waals surface area contributed by atoms with Crippen LogP contribution in [0.15, 0.2) is 65.0 Å². The van der Waals surface area contributed by atoms with E-state index in [9.17, 15) is 9.59 Å². The van der Waals surface area contributed by atoms with Gasteiger partial charge < -0.3 is 9.26 Å². The third-order valence-corrected chi connectivity index (χ3v) is 4.19. The topological polar surface area (TPSA) is 108 Å². The van der Waals surface area contributed by atoms with Crippen molar-refractivity contribution >= 4 is 11.7 Å². The number of aryl methyl sites for hydroxylation is 1. The van der Waals surface area contributed by atoms with Gasteiger partial charge in [0.05, 0.1) is 5.56 Å². The van der Waals surface area contributed by atoms with Crippen LogP contribution in [0.1, 0.15) is 21.7 Å². The molecule has 0 saturated heterocycles. The van der Waals surface area contributed by atoms with Crippen molar-refractivity contribution in [2.24, 2.45) is 0 Å². The quantitative estimate of drug-likeness (QED) is 0.659. The number of hydrogen-bond donors (Lipinski definition) is 1. The lowest BCUT2D eigenvalue weighted by Crippen LogP contribution is -2.23. The molecule has 0 bridgehead atoms. The zero-order valence-electron chi connectivity index (χ0n) is 14.9. The van der Waals surface area contributed by atoms with E-state index in [1.807, 2.05) is 37.3 Å². The number of allylic oxidation sites excluding steroid dienone is 1. The SMILES string of the molecule is Cc1onc(-c2ccccc2)c1COc1ccc(C(=O)C2=CC(=O)[N]N2)cn1. The van der Waals surface area contributed by atoms with Crippen molar-refractivity contribution in [3.63, 3.8) is 0 Å². The lowest BCUT2D eigenvalue weighted by atomic mass is 10.1. The van der Waals surface area contributed by atoms with Crippen LogP contribution in [0, 0.1) is 6.92 Å². The van der Waals surface area contributed by atoms with Crippen LogP contribution in [-0.2, 0) is 11.4 Å². The van der Waals surface area contributed by atoms with Crippen LogP contribution in [0.25, 0.3) is 11.3 Å². The van der Waals surface area contributed by atoms with Crippen molar-refractivity contribution in [1.82, 2.24) is 21.0 Å². The van der Waals surface area contributed by atoms with E-state index in [0.717, 1.165) is 22.9 Å². The van der Waals surface area contributed by atoms with Gasteiger partial charge in [0.25, 0.3) is 5.91 Å². The minimum absolute atomic E-state index is 0.119. The van der Waals surface area contributed by atoms with Gasteiger partial charge in [0.15, 0.2) is 0 Å². The molecule has 3 heterocycles. The van der Waals surface area contributed by atoms with Gasteiger partial charge in [-0.15, -0.1) is 5.43 Å². The smallest absolute Gasteiger partial charge is 0.288 e. The Balaban J connectivity index is 1.47. The summed E-state index contributed by atoms with van der Waals surface area (Å²) in [5.41, 5.74) is 8.74. The van der Waals surface area contributed by atoms with E-state index in [2.05, 4.69) is 21.0 Å². The Kier molecular flexibility index (Phi) is 4.59. The molecular formula is C20H15N4O4. The van der Waals surface area contributed by atoms with Gasteiger partial charge in [0.2, 0.25) is 11.7 Å². The first-order valence-corrected chi connectivity index (χ1v) is 8.48. The lowest BCUT2D eigenvalue weighted by Gasteiger charge is -2.07. The van der Waals surface area contributed by atoms with Gasteiger partial charge >= 0.3 is 0 Å². The Bertz CT molecular complexity index is 1060. The molecule has 0 saturated carbocycles. The first-order chi connectivity index (χ1) is 13.6. The molecule has 0 unspecified atom stereocenters. The molecule has 2 aromatic heterocycles. The van der Waals surface area contributed by atoms with Gasteiger partial charge in [-0.1, -0.05) is 35.5 Å². The number of benzene rings is 1. The molecule has 1 radical (unpaired) electrons. The molecule has 139 valence electrons. The van der Waals surface area contributed by atoms with Gasteiger partial charge in [-0.2, -0.15) is 0 Å². The fourth-order valence-corrected chi connectivity index (χ4v) is 2.71. The molecule has 1 N–H and O–H groups in total. The summed E-state index contributed by atoms with van der Waals surface area (Å²) in [6.45, 7) is 2.04. The number of rotatable bonds is 6. The fraction of sp³-hybridized carbons (Fsp3) is 0.100. The number of ether oxygens (including phenoxy) is 1. The zero-order valence-corrected chi connectivity index (χ0v) is 14.9. The van der Waals surface area contributed by atoms with Gasteiger partial charge in [0, 0.05) is 29.5 Å². The number of amides is 1. The Morgan fingerprint density at radius 1 is 1.18 bits per heavy atom. The minimum atomic E-state index is -0.491. The predicted molar refractivity (Wildman–Crippen MR) is 97.9 cm³/mol. The second-order valence-corrected chi connectivity index (χ2v) is 6.05. The lowest BCUT2D eigenvalue weighted by molar-refractivity contribution is -0.116. The predicted octanol–water partition coefficient (Wildman–Crippen LogP) is 2.34. The number of aromatic nitrogens is 2. The van der Waals surface area contributed by atoms with Crippen molar-refractivity contribution in [1.29, 1.82) is 0 Å². The van der Waals surface area contributed by atoms with Gasteiger partial charge in [-0.25, -0.2) is 4.98 Å². The van der Waals surface area contributed by atoms with Gasteiger partial charge in [-0.3, -0.25) is 15.0 Å². The fourth-order valence-electron chi connectivity index (χ4n) is 2.71. The highest BCUT2D eigenvalue weighted by molar-refractivity contribution is 6.12. The van der Waals surface area contributed by atoms with E-state index in [0.29, 0.717) is 17.2 Å². The number of ketones is 1. The number of Topliss-reactive ketones (excluding diaryl/α,β-unsaturated/α-hetero) is 1. The van der Waals surface area contributed by atoms with Crippen molar-refractivity contribution in [3.8, 4) is 17.1 Å². The maximum absolute atomic E-state index is 12.3. The van der Waals surface area contributed by atoms with E-state index >= 15 is 0 Å². The molecule has 1 aromatic carbocycles. The normalized spacial score (nSPS) is 12.9. The zero-order chi connectivity index (χ0) is 19.5. The van der Waals surface area contributed by atoms with E-state index in [-0.39, 0.29) is 18.1 Å². The van der Waals surface area contributed by atoms with Crippen LogP contribution in [0.5, 0.6) is 5.88 Å². The van der Waals surface area contributed by atoms with Crippen molar-refractivity contribution in [3.05, 3.63) is 77.3 Å². The van der Waals surface area contributed by atoms with Crippen LogP contribution >= 0.6 is 0 Å². The highest BCUT2D eigenvalue weighted by Gasteiger charge is 2.21. The Labute approximate surface area is 160 Å². The summed E-state index contributed by atoms with van der Waals surface area (Å²) >= 11 is 0. The summed E-state index contributed by atoms with van der Waals surface area (Å²) in [6, 6.07) is 12.8. The third-order valence-electron chi connectivity index (χ3n) is 4.19. The number of nitrogens with zero attached hydrogens (tertiary/aromatic N) is 3. The average molecular weight is 375 g/mol. The van der Waals surface area contributed by atoms with Crippen LogP contribution in [0.3, 0.4) is 0 Å². The summed E-state index contributed by atoms with van der Waals surface area (Å²) in [5, 5.41) is 4.12. The molecule has 0 fully saturated rings. The summed E-state index contributed by atoms with van der Waals surface area (Å²) < 4.78 is 11.1. The summed E-state index contributed by atoms with van der Waals surface area (Å²) in [4.78, 5) is 27.5.